The molecule has 0 spiro atoms. The third kappa shape index (κ3) is 2.47. The van der Waals surface area contributed by atoms with Gasteiger partial charge in [0.05, 0.1) is 9.35 Å². The fourth-order valence-electron chi connectivity index (χ4n) is 2.03. The number of rotatable bonds is 1. The maximum absolute atomic E-state index is 12.2. The summed E-state index contributed by atoms with van der Waals surface area (Å²) in [5.74, 6) is 0.155. The Bertz CT molecular complexity index is 393. The van der Waals surface area contributed by atoms with Crippen LogP contribution in [-0.2, 0) is 0 Å². The Kier molecular flexibility index (Phi) is 3.66. The molecule has 1 aromatic rings. The third-order valence-corrected chi connectivity index (χ3v) is 4.41. The van der Waals surface area contributed by atoms with E-state index in [0.717, 1.165) is 29.0 Å². The molecule has 1 amide bonds. The zero-order chi connectivity index (χ0) is 11.7. The van der Waals surface area contributed by atoms with Gasteiger partial charge in [-0.2, -0.15) is 0 Å². The zero-order valence-corrected chi connectivity index (χ0v) is 11.8. The molecule has 0 bridgehead atoms. The average molecular weight is 303 g/mol. The third-order valence-electron chi connectivity index (χ3n) is 2.91. The Hall–Kier alpha value is -0.390. The molecule has 5 heteroatoms. The monoisotopic (exact) mass is 302 g/mol. The lowest BCUT2D eigenvalue weighted by Crippen LogP contribution is -2.52. The van der Waals surface area contributed by atoms with Gasteiger partial charge in [-0.05, 0) is 36.0 Å². The van der Waals surface area contributed by atoms with Gasteiger partial charge in [0.1, 0.15) is 0 Å². The van der Waals surface area contributed by atoms with Gasteiger partial charge in [-0.3, -0.25) is 4.79 Å². The van der Waals surface area contributed by atoms with Crippen LogP contribution >= 0.6 is 27.3 Å². The summed E-state index contributed by atoms with van der Waals surface area (Å²) in [4.78, 5) is 16.5. The summed E-state index contributed by atoms with van der Waals surface area (Å²) in [6, 6.07) is 2.20. The molecule has 2 heterocycles. The molecular weight excluding hydrogens is 288 g/mol. The Morgan fingerprint density at radius 3 is 2.88 bits per heavy atom. The number of hydrogen-bond acceptors (Lipinski definition) is 3. The lowest BCUT2D eigenvalue weighted by molar-refractivity contribution is 0.0534. The number of carbonyl (C=O) groups excluding carboxylic acids is 1. The predicted molar refractivity (Wildman–Crippen MR) is 70.0 cm³/mol. The van der Waals surface area contributed by atoms with Gasteiger partial charge in [0.2, 0.25) is 0 Å². The van der Waals surface area contributed by atoms with Gasteiger partial charge in [-0.1, -0.05) is 0 Å². The van der Waals surface area contributed by atoms with Crippen molar-refractivity contribution in [1.82, 2.24) is 9.80 Å². The van der Waals surface area contributed by atoms with Crippen molar-refractivity contribution in [1.29, 1.82) is 0 Å². The van der Waals surface area contributed by atoms with Gasteiger partial charge in [-0.25, -0.2) is 0 Å². The van der Waals surface area contributed by atoms with Crippen LogP contribution in [0.5, 0.6) is 0 Å². The molecule has 1 aliphatic rings. The Morgan fingerprint density at radius 1 is 1.56 bits per heavy atom. The highest BCUT2D eigenvalue weighted by Gasteiger charge is 2.26. The molecule has 0 N–H and O–H groups in total. The van der Waals surface area contributed by atoms with Crippen molar-refractivity contribution in [3.8, 4) is 0 Å². The predicted octanol–water partition coefficient (Wildman–Crippen LogP) is 2.29. The van der Waals surface area contributed by atoms with E-state index in [0.29, 0.717) is 6.04 Å². The van der Waals surface area contributed by atoms with Crippen LogP contribution in [0.2, 0.25) is 0 Å². The van der Waals surface area contributed by atoms with Crippen molar-refractivity contribution < 1.29 is 4.79 Å². The summed E-state index contributed by atoms with van der Waals surface area (Å²) >= 11 is 4.95. The minimum Gasteiger partial charge on any atom is -0.333 e. The highest BCUT2D eigenvalue weighted by atomic mass is 79.9. The van der Waals surface area contributed by atoms with E-state index >= 15 is 0 Å². The number of hydrogen-bond donors (Lipinski definition) is 0. The van der Waals surface area contributed by atoms with Crippen molar-refractivity contribution in [2.75, 3.05) is 26.7 Å². The van der Waals surface area contributed by atoms with E-state index in [1.807, 2.05) is 16.3 Å². The van der Waals surface area contributed by atoms with Crippen molar-refractivity contribution in [2.45, 2.75) is 13.0 Å². The Morgan fingerprint density at radius 2 is 2.31 bits per heavy atom. The van der Waals surface area contributed by atoms with Gasteiger partial charge in [0.15, 0.2) is 0 Å². The van der Waals surface area contributed by atoms with Crippen LogP contribution in [-0.4, -0.2) is 48.4 Å². The summed E-state index contributed by atoms with van der Waals surface area (Å²) in [6.45, 7) is 4.84. The van der Waals surface area contributed by atoms with Crippen molar-refractivity contribution in [3.63, 3.8) is 0 Å². The minimum absolute atomic E-state index is 0.155. The van der Waals surface area contributed by atoms with Crippen molar-refractivity contribution in [3.05, 3.63) is 20.8 Å². The van der Waals surface area contributed by atoms with E-state index in [9.17, 15) is 4.79 Å². The first-order chi connectivity index (χ1) is 7.58. The van der Waals surface area contributed by atoms with Crippen molar-refractivity contribution >= 4 is 33.2 Å². The van der Waals surface area contributed by atoms with Crippen molar-refractivity contribution in [2.24, 2.45) is 0 Å². The van der Waals surface area contributed by atoms with Gasteiger partial charge in [0.25, 0.3) is 5.91 Å². The number of likely N-dealkylation sites (N-methyl/N-ethyl adjacent to an activating group) is 1. The molecule has 0 aromatic carbocycles. The minimum atomic E-state index is 0.155. The molecule has 0 saturated carbocycles. The number of nitrogens with zero attached hydrogens (tertiary/aromatic N) is 2. The molecule has 1 saturated heterocycles. The van der Waals surface area contributed by atoms with Crippen LogP contribution in [0.3, 0.4) is 0 Å². The highest BCUT2D eigenvalue weighted by molar-refractivity contribution is 9.11. The summed E-state index contributed by atoms with van der Waals surface area (Å²) in [6.07, 6.45) is 0. The fourth-order valence-corrected chi connectivity index (χ4v) is 3.16. The van der Waals surface area contributed by atoms with E-state index < -0.39 is 0 Å². The van der Waals surface area contributed by atoms with E-state index in [1.54, 1.807) is 11.3 Å². The number of thiophene rings is 1. The van der Waals surface area contributed by atoms with E-state index in [2.05, 4.69) is 34.8 Å². The summed E-state index contributed by atoms with van der Waals surface area (Å²) < 4.78 is 1.01. The number of halogens is 1. The van der Waals surface area contributed by atoms with Gasteiger partial charge >= 0.3 is 0 Å². The van der Waals surface area contributed by atoms with Crippen LogP contribution in [0.4, 0.5) is 0 Å². The lowest BCUT2D eigenvalue weighted by atomic mass is 10.1. The van der Waals surface area contributed by atoms with E-state index in [1.165, 1.54) is 0 Å². The molecule has 1 atom stereocenters. The zero-order valence-electron chi connectivity index (χ0n) is 9.44. The van der Waals surface area contributed by atoms with Crippen LogP contribution in [0.25, 0.3) is 0 Å². The number of carbonyl (C=O) groups is 1. The second-order valence-corrected chi connectivity index (χ2v) is 6.54. The second kappa shape index (κ2) is 4.85. The van der Waals surface area contributed by atoms with Crippen LogP contribution in [0.15, 0.2) is 15.2 Å². The van der Waals surface area contributed by atoms with E-state index in [4.69, 9.17) is 0 Å². The highest BCUT2D eigenvalue weighted by Crippen LogP contribution is 2.23. The first-order valence-corrected chi connectivity index (χ1v) is 6.98. The van der Waals surface area contributed by atoms with Gasteiger partial charge < -0.3 is 9.80 Å². The SMILES string of the molecule is C[C@@H]1CN(C)CCN1C(=O)c1csc(Br)c1. The molecule has 3 nitrogen and oxygen atoms in total. The van der Waals surface area contributed by atoms with Crippen LogP contribution in [0, 0.1) is 0 Å². The maximum Gasteiger partial charge on any atom is 0.255 e. The normalized spacial score (nSPS) is 22.4. The van der Waals surface area contributed by atoms with Gasteiger partial charge in [-0.15, -0.1) is 11.3 Å². The average Bonchev–Trinajstić information content (AvgIpc) is 2.64. The molecule has 0 aliphatic carbocycles. The number of piperazine rings is 1. The van der Waals surface area contributed by atoms with Gasteiger partial charge in [0, 0.05) is 31.1 Å². The standard InChI is InChI=1S/C11H15BrN2OS/c1-8-6-13(2)3-4-14(8)11(15)9-5-10(12)16-7-9/h5,7-8H,3-4,6H2,1-2H3/t8-/m1/s1. The quantitative estimate of drug-likeness (QED) is 0.795. The molecule has 0 unspecified atom stereocenters. The summed E-state index contributed by atoms with van der Waals surface area (Å²) in [5, 5.41) is 1.91. The summed E-state index contributed by atoms with van der Waals surface area (Å²) in [7, 11) is 2.10. The maximum atomic E-state index is 12.2. The molecule has 1 fully saturated rings. The Labute approximate surface area is 108 Å². The first-order valence-electron chi connectivity index (χ1n) is 5.31. The largest absolute Gasteiger partial charge is 0.333 e. The topological polar surface area (TPSA) is 23.6 Å². The van der Waals surface area contributed by atoms with Crippen LogP contribution < -0.4 is 0 Å². The number of amides is 1. The smallest absolute Gasteiger partial charge is 0.255 e. The molecule has 16 heavy (non-hydrogen) atoms. The van der Waals surface area contributed by atoms with Crippen LogP contribution in [0.1, 0.15) is 17.3 Å². The van der Waals surface area contributed by atoms with E-state index in [-0.39, 0.29) is 5.91 Å². The molecule has 0 radical (unpaired) electrons. The Balaban J connectivity index is 2.10. The molecule has 1 aliphatic heterocycles. The molecule has 2 rings (SSSR count). The fraction of sp³-hybridized carbons (Fsp3) is 0.545. The molecule has 1 aromatic heterocycles. The molecular formula is C11H15BrN2OS. The first kappa shape index (κ1) is 12.1. The second-order valence-electron chi connectivity index (χ2n) is 4.25. The lowest BCUT2D eigenvalue weighted by Gasteiger charge is -2.38. The summed E-state index contributed by atoms with van der Waals surface area (Å²) in [5.41, 5.74) is 0.799. The molecule has 88 valence electrons.